The van der Waals surface area contributed by atoms with E-state index in [1.165, 1.54) is 0 Å². The van der Waals surface area contributed by atoms with Gasteiger partial charge in [0.2, 0.25) is 6.10 Å². The number of nitrogens with zero attached hydrogens (tertiary/aromatic N) is 2. The Labute approximate surface area is 163 Å². The van der Waals surface area contributed by atoms with Crippen LogP contribution in [0.15, 0.2) is 54.6 Å². The first kappa shape index (κ1) is 17.6. The van der Waals surface area contributed by atoms with Crippen LogP contribution in [0.2, 0.25) is 0 Å². The molecule has 1 saturated heterocycles. The van der Waals surface area contributed by atoms with E-state index in [4.69, 9.17) is 21.7 Å². The molecule has 0 saturated carbocycles. The van der Waals surface area contributed by atoms with E-state index in [0.717, 1.165) is 5.69 Å². The topological polar surface area (TPSA) is 54.0 Å². The number of rotatable bonds is 2. The molecule has 1 fully saturated rings. The number of hydrogen-bond acceptors (Lipinski definition) is 4. The van der Waals surface area contributed by atoms with E-state index in [-0.39, 0.29) is 12.5 Å². The molecule has 1 amide bonds. The van der Waals surface area contributed by atoms with Gasteiger partial charge in [-0.2, -0.15) is 0 Å². The molecular weight excluding hydrogens is 362 g/mol. The molecule has 2 aliphatic heterocycles. The van der Waals surface area contributed by atoms with Gasteiger partial charge in [-0.05, 0) is 36.5 Å². The maximum absolute atomic E-state index is 12.8. The molecule has 6 nitrogen and oxygen atoms in total. The number of carbonyl (C=O) groups is 1. The standard InChI is InChI=1S/C20H21N3O3S/c24-19(18-14-25-16-8-4-5-9-17(16)26-18)22-10-12-23(13-11-22)20(27)21-15-6-2-1-3-7-15/h1-9,18H,10-14H2,(H,21,27). The minimum absolute atomic E-state index is 0.0360. The van der Waals surface area contributed by atoms with Crippen LogP contribution in [0.3, 0.4) is 0 Å². The largest absolute Gasteiger partial charge is 0.485 e. The Bertz CT molecular complexity index is 822. The molecule has 140 valence electrons. The fourth-order valence-corrected chi connectivity index (χ4v) is 3.50. The highest BCUT2D eigenvalue weighted by atomic mass is 32.1. The zero-order valence-corrected chi connectivity index (χ0v) is 15.7. The van der Waals surface area contributed by atoms with E-state index in [1.54, 1.807) is 0 Å². The molecule has 27 heavy (non-hydrogen) atoms. The normalized spacial score (nSPS) is 18.7. The lowest BCUT2D eigenvalue weighted by molar-refractivity contribution is -0.142. The average molecular weight is 383 g/mol. The second-order valence-corrected chi connectivity index (χ2v) is 6.86. The molecular formula is C20H21N3O3S. The van der Waals surface area contributed by atoms with Gasteiger partial charge in [0.15, 0.2) is 16.6 Å². The van der Waals surface area contributed by atoms with Crippen LogP contribution in [-0.2, 0) is 4.79 Å². The third-order valence-corrected chi connectivity index (χ3v) is 5.05. The Morgan fingerprint density at radius 1 is 0.926 bits per heavy atom. The van der Waals surface area contributed by atoms with E-state index in [0.29, 0.717) is 42.8 Å². The lowest BCUT2D eigenvalue weighted by Gasteiger charge is -2.38. The number of piperazine rings is 1. The Kier molecular flexibility index (Phi) is 5.11. The van der Waals surface area contributed by atoms with Crippen molar-refractivity contribution in [3.8, 4) is 11.5 Å². The first-order chi connectivity index (χ1) is 13.2. The van der Waals surface area contributed by atoms with Crippen molar-refractivity contribution in [2.45, 2.75) is 6.10 Å². The number of ether oxygens (including phenoxy) is 2. The van der Waals surface area contributed by atoms with Crippen molar-refractivity contribution >= 4 is 28.9 Å². The second-order valence-electron chi connectivity index (χ2n) is 6.47. The van der Waals surface area contributed by atoms with Gasteiger partial charge >= 0.3 is 0 Å². The maximum atomic E-state index is 12.8. The fourth-order valence-electron chi connectivity index (χ4n) is 3.20. The van der Waals surface area contributed by atoms with Crippen LogP contribution < -0.4 is 14.8 Å². The molecule has 2 aromatic carbocycles. The first-order valence-electron chi connectivity index (χ1n) is 8.99. The minimum atomic E-state index is -0.596. The Morgan fingerprint density at radius 2 is 1.56 bits per heavy atom. The van der Waals surface area contributed by atoms with E-state index >= 15 is 0 Å². The van der Waals surface area contributed by atoms with Crippen molar-refractivity contribution in [2.75, 3.05) is 38.1 Å². The monoisotopic (exact) mass is 383 g/mol. The molecule has 2 aliphatic rings. The molecule has 1 N–H and O–H groups in total. The van der Waals surface area contributed by atoms with Crippen molar-refractivity contribution < 1.29 is 14.3 Å². The summed E-state index contributed by atoms with van der Waals surface area (Å²) in [5.74, 6) is 1.27. The van der Waals surface area contributed by atoms with Gasteiger partial charge in [-0.1, -0.05) is 30.3 Å². The molecule has 0 bridgehead atoms. The van der Waals surface area contributed by atoms with Gasteiger partial charge in [0, 0.05) is 31.9 Å². The summed E-state index contributed by atoms with van der Waals surface area (Å²) < 4.78 is 11.5. The Morgan fingerprint density at radius 3 is 2.30 bits per heavy atom. The van der Waals surface area contributed by atoms with E-state index in [1.807, 2.05) is 59.5 Å². The van der Waals surface area contributed by atoms with Crippen LogP contribution in [0.4, 0.5) is 5.69 Å². The smallest absolute Gasteiger partial charge is 0.267 e. The summed E-state index contributed by atoms with van der Waals surface area (Å²) in [4.78, 5) is 16.7. The molecule has 2 aromatic rings. The molecule has 1 atom stereocenters. The van der Waals surface area contributed by atoms with Crippen LogP contribution in [0.25, 0.3) is 0 Å². The van der Waals surface area contributed by atoms with Crippen molar-refractivity contribution in [1.82, 2.24) is 9.80 Å². The first-order valence-corrected chi connectivity index (χ1v) is 9.40. The Hall–Kier alpha value is -2.80. The number of thiocarbonyl (C=S) groups is 1. The van der Waals surface area contributed by atoms with Crippen LogP contribution in [0.5, 0.6) is 11.5 Å². The van der Waals surface area contributed by atoms with Gasteiger partial charge in [0.25, 0.3) is 5.91 Å². The van der Waals surface area contributed by atoms with Crippen molar-refractivity contribution in [2.24, 2.45) is 0 Å². The molecule has 0 aromatic heterocycles. The number of nitrogens with one attached hydrogen (secondary N) is 1. The number of carbonyl (C=O) groups excluding carboxylic acids is 1. The molecule has 0 aliphatic carbocycles. The summed E-state index contributed by atoms with van der Waals surface area (Å²) in [6.07, 6.45) is -0.596. The maximum Gasteiger partial charge on any atom is 0.267 e. The molecule has 4 rings (SSSR count). The average Bonchev–Trinajstić information content (AvgIpc) is 2.73. The minimum Gasteiger partial charge on any atom is -0.485 e. The molecule has 0 spiro atoms. The highest BCUT2D eigenvalue weighted by Gasteiger charge is 2.33. The summed E-state index contributed by atoms with van der Waals surface area (Å²) in [6.45, 7) is 2.83. The third-order valence-electron chi connectivity index (χ3n) is 4.69. The highest BCUT2D eigenvalue weighted by molar-refractivity contribution is 7.80. The number of fused-ring (bicyclic) bond motifs is 1. The summed E-state index contributed by atoms with van der Waals surface area (Å²) in [5, 5.41) is 3.92. The quantitative estimate of drug-likeness (QED) is 0.804. The lowest BCUT2D eigenvalue weighted by Crippen LogP contribution is -2.55. The SMILES string of the molecule is O=C(C1COc2ccccc2O1)N1CCN(C(=S)Nc2ccccc2)CC1. The Balaban J connectivity index is 1.30. The number of benzene rings is 2. The summed E-state index contributed by atoms with van der Waals surface area (Å²) >= 11 is 5.50. The van der Waals surface area contributed by atoms with Gasteiger partial charge in [0.05, 0.1) is 0 Å². The van der Waals surface area contributed by atoms with E-state index < -0.39 is 6.10 Å². The number of anilines is 1. The van der Waals surface area contributed by atoms with Gasteiger partial charge in [-0.25, -0.2) is 0 Å². The van der Waals surface area contributed by atoms with Crippen LogP contribution in [0, 0.1) is 0 Å². The molecule has 2 heterocycles. The van der Waals surface area contributed by atoms with Gasteiger partial charge in [0.1, 0.15) is 6.61 Å². The van der Waals surface area contributed by atoms with E-state index in [2.05, 4.69) is 10.2 Å². The number of amides is 1. The zero-order chi connectivity index (χ0) is 18.6. The number of para-hydroxylation sites is 3. The molecule has 1 unspecified atom stereocenters. The van der Waals surface area contributed by atoms with Gasteiger partial charge < -0.3 is 24.6 Å². The van der Waals surface area contributed by atoms with Gasteiger partial charge in [-0.3, -0.25) is 4.79 Å². The lowest BCUT2D eigenvalue weighted by atomic mass is 10.2. The predicted octanol–water partition coefficient (Wildman–Crippen LogP) is 2.37. The molecule has 0 radical (unpaired) electrons. The highest BCUT2D eigenvalue weighted by Crippen LogP contribution is 2.31. The van der Waals surface area contributed by atoms with Crippen molar-refractivity contribution in [1.29, 1.82) is 0 Å². The summed E-state index contributed by atoms with van der Waals surface area (Å²) in [6, 6.07) is 17.3. The zero-order valence-electron chi connectivity index (χ0n) is 14.8. The third kappa shape index (κ3) is 3.98. The van der Waals surface area contributed by atoms with Crippen LogP contribution >= 0.6 is 12.2 Å². The van der Waals surface area contributed by atoms with Crippen LogP contribution in [0.1, 0.15) is 0 Å². The van der Waals surface area contributed by atoms with Crippen molar-refractivity contribution in [3.05, 3.63) is 54.6 Å². The second kappa shape index (κ2) is 7.84. The molecule has 7 heteroatoms. The summed E-state index contributed by atoms with van der Waals surface area (Å²) in [5.41, 5.74) is 0.965. The van der Waals surface area contributed by atoms with Gasteiger partial charge in [-0.15, -0.1) is 0 Å². The fraction of sp³-hybridized carbons (Fsp3) is 0.300. The summed E-state index contributed by atoms with van der Waals surface area (Å²) in [7, 11) is 0. The van der Waals surface area contributed by atoms with Crippen LogP contribution in [-0.4, -0.2) is 59.7 Å². The van der Waals surface area contributed by atoms with E-state index in [9.17, 15) is 4.79 Å². The predicted molar refractivity (Wildman–Crippen MR) is 107 cm³/mol. The number of hydrogen-bond donors (Lipinski definition) is 1. The van der Waals surface area contributed by atoms with Crippen molar-refractivity contribution in [3.63, 3.8) is 0 Å².